The Morgan fingerprint density at radius 2 is 1.83 bits per heavy atom. The molecule has 0 amide bonds. The smallest absolute Gasteiger partial charge is 0.0512 e. The average Bonchev–Trinajstić information content (AvgIpc) is 2.26. The van der Waals surface area contributed by atoms with Crippen LogP contribution in [0.15, 0.2) is 22.7 Å². The van der Waals surface area contributed by atoms with Crippen LogP contribution in [0.25, 0.3) is 0 Å². The number of halogens is 2. The highest BCUT2D eigenvalue weighted by Gasteiger charge is 2.41. The summed E-state index contributed by atoms with van der Waals surface area (Å²) in [5.74, 6) is 0. The van der Waals surface area contributed by atoms with Crippen molar-refractivity contribution in [3.63, 3.8) is 0 Å². The van der Waals surface area contributed by atoms with Crippen molar-refractivity contribution in [2.24, 2.45) is 5.41 Å². The summed E-state index contributed by atoms with van der Waals surface area (Å²) in [6.07, 6.45) is 5.27. The number of hydrogen-bond acceptors (Lipinski definition) is 1. The lowest BCUT2D eigenvalue weighted by atomic mass is 9.72. The molecule has 1 heterocycles. The number of anilines is 1. The predicted octanol–water partition coefficient (Wildman–Crippen LogP) is 5.51. The molecule has 1 aliphatic rings. The summed E-state index contributed by atoms with van der Waals surface area (Å²) < 4.78 is 1.11. The monoisotopic (exact) mass is 329 g/mol. The summed E-state index contributed by atoms with van der Waals surface area (Å²) in [5.41, 5.74) is 1.84. The molecule has 0 N–H and O–H groups in total. The molecule has 2 rings (SSSR count). The number of hydrogen-bond donors (Lipinski definition) is 0. The van der Waals surface area contributed by atoms with Gasteiger partial charge in [-0.05, 0) is 47.0 Å². The van der Waals surface area contributed by atoms with Gasteiger partial charge < -0.3 is 4.90 Å². The lowest BCUT2D eigenvalue weighted by Crippen LogP contribution is -2.56. The van der Waals surface area contributed by atoms with E-state index in [1.54, 1.807) is 0 Å². The second kappa shape index (κ2) is 5.83. The highest BCUT2D eigenvalue weighted by atomic mass is 79.9. The van der Waals surface area contributed by atoms with Gasteiger partial charge in [0.2, 0.25) is 0 Å². The van der Waals surface area contributed by atoms with E-state index < -0.39 is 0 Å². The van der Waals surface area contributed by atoms with E-state index >= 15 is 0 Å². The Hall–Kier alpha value is -0.210. The summed E-state index contributed by atoms with van der Waals surface area (Å²) in [5, 5.41) is 0.791. The van der Waals surface area contributed by atoms with Gasteiger partial charge in [-0.2, -0.15) is 0 Å². The number of nitrogens with zero attached hydrogens (tertiary/aromatic N) is 1. The molecular weight excluding hydrogens is 310 g/mol. The maximum absolute atomic E-state index is 5.99. The van der Waals surface area contributed by atoms with Crippen molar-refractivity contribution >= 4 is 33.2 Å². The summed E-state index contributed by atoms with van der Waals surface area (Å²) in [4.78, 5) is 2.46. The van der Waals surface area contributed by atoms with Crippen LogP contribution < -0.4 is 4.90 Å². The summed E-state index contributed by atoms with van der Waals surface area (Å²) in [6.45, 7) is 6.96. The maximum atomic E-state index is 5.99. The number of rotatable bonds is 5. The first-order chi connectivity index (χ1) is 8.60. The molecule has 0 unspecified atom stereocenters. The van der Waals surface area contributed by atoms with Gasteiger partial charge in [-0.3, -0.25) is 0 Å². The molecule has 3 heteroatoms. The topological polar surface area (TPSA) is 3.24 Å². The van der Waals surface area contributed by atoms with Crippen LogP contribution in [0.2, 0.25) is 5.02 Å². The van der Waals surface area contributed by atoms with Gasteiger partial charge in [0, 0.05) is 28.0 Å². The SMILES string of the molecule is CCCC1(CCC)CN(c2ccc(Cl)cc2Br)C1. The van der Waals surface area contributed by atoms with E-state index in [9.17, 15) is 0 Å². The van der Waals surface area contributed by atoms with Crippen LogP contribution in [-0.2, 0) is 0 Å². The summed E-state index contributed by atoms with van der Waals surface area (Å²) in [7, 11) is 0. The summed E-state index contributed by atoms with van der Waals surface area (Å²) in [6, 6.07) is 6.08. The maximum Gasteiger partial charge on any atom is 0.0512 e. The first-order valence-corrected chi connectivity index (χ1v) is 7.97. The van der Waals surface area contributed by atoms with E-state index in [0.717, 1.165) is 9.50 Å². The van der Waals surface area contributed by atoms with Crippen LogP contribution in [-0.4, -0.2) is 13.1 Å². The van der Waals surface area contributed by atoms with Gasteiger partial charge in [0.1, 0.15) is 0 Å². The minimum Gasteiger partial charge on any atom is -0.369 e. The van der Waals surface area contributed by atoms with Gasteiger partial charge in [0.25, 0.3) is 0 Å². The molecule has 0 bridgehead atoms. The molecule has 1 fully saturated rings. The van der Waals surface area contributed by atoms with Gasteiger partial charge in [-0.1, -0.05) is 38.3 Å². The minimum absolute atomic E-state index is 0.558. The van der Waals surface area contributed by atoms with Crippen molar-refractivity contribution in [1.29, 1.82) is 0 Å². The van der Waals surface area contributed by atoms with Gasteiger partial charge >= 0.3 is 0 Å². The first-order valence-electron chi connectivity index (χ1n) is 6.80. The molecule has 100 valence electrons. The first kappa shape index (κ1) is 14.2. The standard InChI is InChI=1S/C15H21BrClN/c1-3-7-15(8-4-2)10-18(11-15)14-6-5-12(17)9-13(14)16/h5-6,9H,3-4,7-8,10-11H2,1-2H3. The highest BCUT2D eigenvalue weighted by Crippen LogP contribution is 2.44. The van der Waals surface area contributed by atoms with Crippen molar-refractivity contribution in [3.05, 3.63) is 27.7 Å². The fourth-order valence-corrected chi connectivity index (χ4v) is 4.11. The predicted molar refractivity (Wildman–Crippen MR) is 83.6 cm³/mol. The average molecular weight is 331 g/mol. The minimum atomic E-state index is 0.558. The van der Waals surface area contributed by atoms with E-state index in [-0.39, 0.29) is 0 Å². The molecule has 1 aliphatic heterocycles. The van der Waals surface area contributed by atoms with Crippen molar-refractivity contribution in [3.8, 4) is 0 Å². The highest BCUT2D eigenvalue weighted by molar-refractivity contribution is 9.10. The molecular formula is C15H21BrClN. The quantitative estimate of drug-likeness (QED) is 0.688. The van der Waals surface area contributed by atoms with Crippen LogP contribution in [0.3, 0.4) is 0 Å². The van der Waals surface area contributed by atoms with E-state index in [2.05, 4.69) is 40.7 Å². The zero-order chi connectivity index (χ0) is 13.2. The van der Waals surface area contributed by atoms with Gasteiger partial charge in [0.05, 0.1) is 5.69 Å². The van der Waals surface area contributed by atoms with Crippen LogP contribution in [0.5, 0.6) is 0 Å². The molecule has 0 spiro atoms. The van der Waals surface area contributed by atoms with Crippen LogP contribution in [0, 0.1) is 5.41 Å². The molecule has 1 aromatic carbocycles. The Kier molecular flexibility index (Phi) is 4.60. The second-order valence-corrected chi connectivity index (χ2v) is 6.74. The molecule has 18 heavy (non-hydrogen) atoms. The summed E-state index contributed by atoms with van der Waals surface area (Å²) >= 11 is 9.60. The largest absolute Gasteiger partial charge is 0.369 e. The van der Waals surface area contributed by atoms with Crippen LogP contribution in [0.1, 0.15) is 39.5 Å². The Morgan fingerprint density at radius 1 is 1.22 bits per heavy atom. The molecule has 0 saturated carbocycles. The molecule has 0 aromatic heterocycles. The van der Waals surface area contributed by atoms with Crippen LogP contribution in [0.4, 0.5) is 5.69 Å². The molecule has 1 saturated heterocycles. The van der Waals surface area contributed by atoms with E-state index in [1.165, 1.54) is 44.5 Å². The third-order valence-corrected chi connectivity index (χ3v) is 4.73. The molecule has 1 nitrogen and oxygen atoms in total. The fraction of sp³-hybridized carbons (Fsp3) is 0.600. The normalized spacial score (nSPS) is 17.7. The third kappa shape index (κ3) is 2.85. The molecule has 0 radical (unpaired) electrons. The molecule has 0 atom stereocenters. The van der Waals surface area contributed by atoms with Crippen molar-refractivity contribution in [2.75, 3.05) is 18.0 Å². The fourth-order valence-electron chi connectivity index (χ4n) is 3.17. The lowest BCUT2D eigenvalue weighted by molar-refractivity contribution is 0.173. The Balaban J connectivity index is 2.06. The van der Waals surface area contributed by atoms with Gasteiger partial charge in [0.15, 0.2) is 0 Å². The lowest BCUT2D eigenvalue weighted by Gasteiger charge is -2.52. The van der Waals surface area contributed by atoms with Crippen molar-refractivity contribution in [2.45, 2.75) is 39.5 Å². The molecule has 1 aromatic rings. The zero-order valence-electron chi connectivity index (χ0n) is 11.2. The van der Waals surface area contributed by atoms with E-state index in [4.69, 9.17) is 11.6 Å². The Bertz CT molecular complexity index is 405. The molecule has 0 aliphatic carbocycles. The number of benzene rings is 1. The van der Waals surface area contributed by atoms with Gasteiger partial charge in [-0.25, -0.2) is 0 Å². The van der Waals surface area contributed by atoms with E-state index in [1.807, 2.05) is 12.1 Å². The van der Waals surface area contributed by atoms with Crippen LogP contribution >= 0.6 is 27.5 Å². The Labute approximate surface area is 124 Å². The van der Waals surface area contributed by atoms with Crippen molar-refractivity contribution < 1.29 is 0 Å². The van der Waals surface area contributed by atoms with E-state index in [0.29, 0.717) is 5.41 Å². The van der Waals surface area contributed by atoms with Gasteiger partial charge in [-0.15, -0.1) is 0 Å². The Morgan fingerprint density at radius 3 is 2.33 bits per heavy atom. The second-order valence-electron chi connectivity index (χ2n) is 5.45. The third-order valence-electron chi connectivity index (χ3n) is 3.86. The zero-order valence-corrected chi connectivity index (χ0v) is 13.5. The van der Waals surface area contributed by atoms with Crippen molar-refractivity contribution in [1.82, 2.24) is 0 Å².